The average molecular weight is 242 g/mol. The van der Waals surface area contributed by atoms with E-state index in [1.807, 2.05) is 18.7 Å². The van der Waals surface area contributed by atoms with Gasteiger partial charge in [-0.05, 0) is 33.2 Å². The fourth-order valence-electron chi connectivity index (χ4n) is 2.39. The predicted octanol–water partition coefficient (Wildman–Crippen LogP) is 0.794. The monoisotopic (exact) mass is 242 g/mol. The van der Waals surface area contributed by atoms with Gasteiger partial charge in [0.1, 0.15) is 0 Å². The van der Waals surface area contributed by atoms with Crippen molar-refractivity contribution in [3.05, 3.63) is 0 Å². The standard InChI is InChI=1S/C12H22N2O3/c1-3-13(4-2)11(15)9-14-7-5-6-10(14)8-12(16)17/h10H,3-9H2,1-2H3,(H,16,17). The summed E-state index contributed by atoms with van der Waals surface area (Å²) < 4.78 is 0. The van der Waals surface area contributed by atoms with Crippen molar-refractivity contribution >= 4 is 11.9 Å². The minimum atomic E-state index is -0.780. The zero-order valence-corrected chi connectivity index (χ0v) is 10.7. The minimum Gasteiger partial charge on any atom is -0.481 e. The summed E-state index contributed by atoms with van der Waals surface area (Å²) in [5, 5.41) is 8.81. The van der Waals surface area contributed by atoms with Crippen LogP contribution in [-0.2, 0) is 9.59 Å². The molecule has 1 unspecified atom stereocenters. The fourth-order valence-corrected chi connectivity index (χ4v) is 2.39. The first-order valence-corrected chi connectivity index (χ1v) is 6.32. The van der Waals surface area contributed by atoms with Crippen molar-refractivity contribution in [1.29, 1.82) is 0 Å². The summed E-state index contributed by atoms with van der Waals surface area (Å²) >= 11 is 0. The number of aliphatic carboxylic acids is 1. The van der Waals surface area contributed by atoms with Gasteiger partial charge in [-0.2, -0.15) is 0 Å². The van der Waals surface area contributed by atoms with Gasteiger partial charge in [0.05, 0.1) is 13.0 Å². The number of likely N-dealkylation sites (N-methyl/N-ethyl adjacent to an activating group) is 1. The highest BCUT2D eigenvalue weighted by atomic mass is 16.4. The zero-order valence-electron chi connectivity index (χ0n) is 10.7. The van der Waals surface area contributed by atoms with Crippen molar-refractivity contribution in [2.24, 2.45) is 0 Å². The number of carboxylic acid groups (broad SMARTS) is 1. The van der Waals surface area contributed by atoms with Crippen LogP contribution in [0.5, 0.6) is 0 Å². The van der Waals surface area contributed by atoms with Gasteiger partial charge in [0, 0.05) is 19.1 Å². The molecule has 98 valence electrons. The molecule has 0 aromatic carbocycles. The third-order valence-electron chi connectivity index (χ3n) is 3.36. The molecule has 0 spiro atoms. The van der Waals surface area contributed by atoms with Gasteiger partial charge >= 0.3 is 5.97 Å². The van der Waals surface area contributed by atoms with Crippen LogP contribution in [0.2, 0.25) is 0 Å². The molecule has 5 heteroatoms. The largest absolute Gasteiger partial charge is 0.481 e. The number of likely N-dealkylation sites (tertiary alicyclic amines) is 1. The van der Waals surface area contributed by atoms with Crippen molar-refractivity contribution in [3.63, 3.8) is 0 Å². The molecule has 0 bridgehead atoms. The molecule has 1 amide bonds. The van der Waals surface area contributed by atoms with E-state index >= 15 is 0 Å². The first-order chi connectivity index (χ1) is 8.08. The van der Waals surface area contributed by atoms with Gasteiger partial charge in [0.15, 0.2) is 0 Å². The summed E-state index contributed by atoms with van der Waals surface area (Å²) in [5.41, 5.74) is 0. The molecule has 0 aromatic rings. The highest BCUT2D eigenvalue weighted by Gasteiger charge is 2.28. The second-order valence-electron chi connectivity index (χ2n) is 4.43. The Kier molecular flexibility index (Phi) is 5.41. The molecular weight excluding hydrogens is 220 g/mol. The lowest BCUT2D eigenvalue weighted by molar-refractivity contribution is -0.139. The molecule has 1 heterocycles. The van der Waals surface area contributed by atoms with Crippen LogP contribution in [0.15, 0.2) is 0 Å². The minimum absolute atomic E-state index is 0.0343. The fraction of sp³-hybridized carbons (Fsp3) is 0.833. The lowest BCUT2D eigenvalue weighted by atomic mass is 10.1. The van der Waals surface area contributed by atoms with Gasteiger partial charge in [-0.3, -0.25) is 14.5 Å². The topological polar surface area (TPSA) is 60.9 Å². The molecule has 0 aliphatic carbocycles. The number of carbonyl (C=O) groups excluding carboxylic acids is 1. The normalized spacial score (nSPS) is 20.5. The van der Waals surface area contributed by atoms with E-state index in [4.69, 9.17) is 5.11 Å². The molecule has 1 aliphatic heterocycles. The Bertz CT molecular complexity index is 277. The van der Waals surface area contributed by atoms with Crippen molar-refractivity contribution in [2.75, 3.05) is 26.2 Å². The number of hydrogen-bond acceptors (Lipinski definition) is 3. The van der Waals surface area contributed by atoms with E-state index in [9.17, 15) is 9.59 Å². The lowest BCUT2D eigenvalue weighted by Crippen LogP contribution is -2.42. The number of carbonyl (C=O) groups is 2. The van der Waals surface area contributed by atoms with Gasteiger partial charge in [0.2, 0.25) is 5.91 Å². The second-order valence-corrected chi connectivity index (χ2v) is 4.43. The molecule has 1 rings (SSSR count). The second kappa shape index (κ2) is 6.59. The van der Waals surface area contributed by atoms with Crippen LogP contribution in [0.1, 0.15) is 33.1 Å². The molecule has 1 saturated heterocycles. The number of carboxylic acids is 1. The summed E-state index contributed by atoms with van der Waals surface area (Å²) in [4.78, 5) is 26.4. The molecule has 17 heavy (non-hydrogen) atoms. The van der Waals surface area contributed by atoms with Crippen LogP contribution >= 0.6 is 0 Å². The molecule has 0 saturated carbocycles. The quantitative estimate of drug-likeness (QED) is 0.748. The van der Waals surface area contributed by atoms with E-state index in [2.05, 4.69) is 0 Å². The Morgan fingerprint density at radius 2 is 2.00 bits per heavy atom. The maximum absolute atomic E-state index is 11.9. The molecule has 0 aromatic heterocycles. The van der Waals surface area contributed by atoms with E-state index in [0.29, 0.717) is 19.6 Å². The van der Waals surface area contributed by atoms with Crippen molar-refractivity contribution in [3.8, 4) is 0 Å². The molecule has 5 nitrogen and oxygen atoms in total. The molecule has 1 fully saturated rings. The highest BCUT2D eigenvalue weighted by molar-refractivity contribution is 5.78. The summed E-state index contributed by atoms with van der Waals surface area (Å²) in [6.45, 7) is 6.55. The smallest absolute Gasteiger partial charge is 0.304 e. The van der Waals surface area contributed by atoms with Gasteiger partial charge in [-0.15, -0.1) is 0 Å². The Morgan fingerprint density at radius 1 is 1.35 bits per heavy atom. The summed E-state index contributed by atoms with van der Waals surface area (Å²) in [5.74, 6) is -0.676. The van der Waals surface area contributed by atoms with Gasteiger partial charge < -0.3 is 10.0 Å². The summed E-state index contributed by atoms with van der Waals surface area (Å²) in [6, 6.07) is 0.0343. The van der Waals surface area contributed by atoms with Crippen LogP contribution in [0.25, 0.3) is 0 Å². The van der Waals surface area contributed by atoms with Crippen molar-refractivity contribution in [1.82, 2.24) is 9.80 Å². The van der Waals surface area contributed by atoms with Crippen LogP contribution in [0.3, 0.4) is 0 Å². The number of amides is 1. The maximum atomic E-state index is 11.9. The maximum Gasteiger partial charge on any atom is 0.304 e. The zero-order chi connectivity index (χ0) is 12.8. The van der Waals surface area contributed by atoms with Gasteiger partial charge in [0.25, 0.3) is 0 Å². The Labute approximate surface area is 102 Å². The first-order valence-electron chi connectivity index (χ1n) is 6.32. The van der Waals surface area contributed by atoms with Gasteiger partial charge in [-0.1, -0.05) is 0 Å². The van der Waals surface area contributed by atoms with E-state index < -0.39 is 5.97 Å². The first kappa shape index (κ1) is 14.0. The molecule has 0 radical (unpaired) electrons. The van der Waals surface area contributed by atoms with Crippen LogP contribution < -0.4 is 0 Å². The average Bonchev–Trinajstić information content (AvgIpc) is 2.66. The lowest BCUT2D eigenvalue weighted by Gasteiger charge is -2.26. The van der Waals surface area contributed by atoms with E-state index in [1.165, 1.54) is 0 Å². The predicted molar refractivity (Wildman–Crippen MR) is 64.8 cm³/mol. The van der Waals surface area contributed by atoms with Crippen LogP contribution in [0.4, 0.5) is 0 Å². The summed E-state index contributed by atoms with van der Waals surface area (Å²) in [7, 11) is 0. The molecule has 1 N–H and O–H groups in total. The van der Waals surface area contributed by atoms with E-state index in [-0.39, 0.29) is 18.4 Å². The molecular formula is C12H22N2O3. The van der Waals surface area contributed by atoms with E-state index in [0.717, 1.165) is 19.4 Å². The van der Waals surface area contributed by atoms with Crippen molar-refractivity contribution in [2.45, 2.75) is 39.2 Å². The molecule has 1 atom stereocenters. The van der Waals surface area contributed by atoms with E-state index in [1.54, 1.807) is 4.90 Å². The van der Waals surface area contributed by atoms with Gasteiger partial charge in [-0.25, -0.2) is 0 Å². The molecule has 1 aliphatic rings. The van der Waals surface area contributed by atoms with Crippen molar-refractivity contribution < 1.29 is 14.7 Å². The number of hydrogen-bond donors (Lipinski definition) is 1. The SMILES string of the molecule is CCN(CC)C(=O)CN1CCCC1CC(=O)O. The number of rotatable bonds is 6. The Balaban J connectivity index is 2.49. The summed E-state index contributed by atoms with van der Waals surface area (Å²) in [6.07, 6.45) is 2.02. The third-order valence-corrected chi connectivity index (χ3v) is 3.36. The Morgan fingerprint density at radius 3 is 2.53 bits per heavy atom. The van der Waals surface area contributed by atoms with Crippen LogP contribution in [0, 0.1) is 0 Å². The third kappa shape index (κ3) is 4.00. The Hall–Kier alpha value is -1.10. The number of nitrogens with zero attached hydrogens (tertiary/aromatic N) is 2. The highest BCUT2D eigenvalue weighted by Crippen LogP contribution is 2.19. The van der Waals surface area contributed by atoms with Crippen LogP contribution in [-0.4, -0.2) is 59.0 Å².